The number of aliphatic hydroxyl groups is 4. The van der Waals surface area contributed by atoms with E-state index in [0.717, 1.165) is 50.3 Å². The molecule has 31 heavy (non-hydrogen) atoms. The van der Waals surface area contributed by atoms with Crippen molar-refractivity contribution in [2.75, 3.05) is 18.6 Å². The molecule has 0 saturated carbocycles. The Labute approximate surface area is 189 Å². The van der Waals surface area contributed by atoms with Crippen molar-refractivity contribution in [2.24, 2.45) is 5.16 Å². The Morgan fingerprint density at radius 3 is 2.16 bits per heavy atom. The zero-order chi connectivity index (χ0) is 23.4. The van der Waals surface area contributed by atoms with E-state index in [9.17, 15) is 33.1 Å². The third-order valence-corrected chi connectivity index (χ3v) is 6.96. The topological polar surface area (TPSA) is 183 Å². The monoisotopic (exact) mass is 507 g/mol. The fraction of sp³-hybridized carbons (Fsp3) is 0.941. The molecule has 1 aliphatic heterocycles. The molecule has 0 spiro atoms. The highest BCUT2D eigenvalue weighted by molar-refractivity contribution is 8.14. The lowest BCUT2D eigenvalue weighted by Crippen LogP contribution is -2.57. The van der Waals surface area contributed by atoms with E-state index in [1.54, 1.807) is 6.26 Å². The van der Waals surface area contributed by atoms with Gasteiger partial charge in [-0.15, -0.1) is 0 Å². The van der Waals surface area contributed by atoms with Crippen molar-refractivity contribution in [1.29, 1.82) is 0 Å². The molecule has 1 fully saturated rings. The maximum atomic E-state index is 11.0. The van der Waals surface area contributed by atoms with Crippen LogP contribution in [-0.2, 0) is 30.2 Å². The maximum Gasteiger partial charge on any atom is 0.466 e. The standard InChI is InChI=1S/C17H33NO10S3/c1-30(23)10-8-6-4-2-3-5-7-9-13(18-28-31(24,25)26)29-17-16(22)15(21)14(20)12(11-19)27-17/h12,14-17,19-22H,2-11H2,1H3,(H,24,25,26)/b18-13-/t12-,14-,15+,16+,17+,30+/m0/s1. The van der Waals surface area contributed by atoms with Crippen LogP contribution in [0.2, 0.25) is 0 Å². The first-order valence-electron chi connectivity index (χ1n) is 10.0. The van der Waals surface area contributed by atoms with Gasteiger partial charge in [-0.1, -0.05) is 49.0 Å². The number of oxime groups is 1. The molecule has 11 nitrogen and oxygen atoms in total. The van der Waals surface area contributed by atoms with E-state index in [1.165, 1.54) is 0 Å². The van der Waals surface area contributed by atoms with E-state index >= 15 is 0 Å². The maximum absolute atomic E-state index is 11.0. The molecule has 1 saturated heterocycles. The highest BCUT2D eigenvalue weighted by atomic mass is 32.3. The van der Waals surface area contributed by atoms with Crippen LogP contribution in [0.5, 0.6) is 0 Å². The Morgan fingerprint density at radius 1 is 1.03 bits per heavy atom. The largest absolute Gasteiger partial charge is 0.466 e. The van der Waals surface area contributed by atoms with Crippen LogP contribution in [0.4, 0.5) is 0 Å². The Morgan fingerprint density at radius 2 is 1.61 bits per heavy atom. The van der Waals surface area contributed by atoms with Crippen LogP contribution in [-0.4, -0.2) is 91.1 Å². The fourth-order valence-electron chi connectivity index (χ4n) is 2.98. The highest BCUT2D eigenvalue weighted by Crippen LogP contribution is 2.30. The van der Waals surface area contributed by atoms with Crippen LogP contribution in [0.3, 0.4) is 0 Å². The Balaban J connectivity index is 2.53. The molecule has 0 aromatic carbocycles. The van der Waals surface area contributed by atoms with Gasteiger partial charge in [-0.25, -0.2) is 4.28 Å². The molecule has 14 heteroatoms. The quantitative estimate of drug-likeness (QED) is 0.0709. The first kappa shape index (κ1) is 28.7. The molecule has 0 amide bonds. The number of hydrogen-bond acceptors (Lipinski definition) is 11. The van der Waals surface area contributed by atoms with Gasteiger partial charge in [0.1, 0.15) is 34.9 Å². The minimum atomic E-state index is -4.82. The number of unbranched alkanes of at least 4 members (excludes halogenated alkanes) is 6. The third-order valence-electron chi connectivity index (χ3n) is 4.66. The zero-order valence-electron chi connectivity index (χ0n) is 17.4. The molecule has 0 radical (unpaired) electrons. The summed E-state index contributed by atoms with van der Waals surface area (Å²) in [5.41, 5.74) is -1.14. The molecule has 1 heterocycles. The molecule has 6 atom stereocenters. The molecule has 0 aromatic heterocycles. The lowest BCUT2D eigenvalue weighted by atomic mass is 10.0. The van der Waals surface area contributed by atoms with Crippen molar-refractivity contribution in [3.8, 4) is 0 Å². The minimum Gasteiger partial charge on any atom is -0.394 e. The van der Waals surface area contributed by atoms with Crippen molar-refractivity contribution < 1.29 is 46.6 Å². The summed E-state index contributed by atoms with van der Waals surface area (Å²) in [7, 11) is -5.58. The Kier molecular flexibility index (Phi) is 13.7. The van der Waals surface area contributed by atoms with E-state index in [-0.39, 0.29) is 11.5 Å². The number of nitrogens with zero attached hydrogens (tertiary/aromatic N) is 1. The number of rotatable bonds is 14. The summed E-state index contributed by atoms with van der Waals surface area (Å²) in [6.07, 6.45) is 2.61. The molecule has 1 rings (SSSR count). The summed E-state index contributed by atoms with van der Waals surface area (Å²) in [4.78, 5) is 0. The van der Waals surface area contributed by atoms with Gasteiger partial charge in [-0.05, 0) is 19.3 Å². The van der Waals surface area contributed by atoms with Gasteiger partial charge in [0.15, 0.2) is 0 Å². The Hall–Kier alpha value is -0.320. The molecule has 1 aliphatic rings. The predicted octanol–water partition coefficient (Wildman–Crippen LogP) is 0.152. The van der Waals surface area contributed by atoms with Gasteiger partial charge in [0.05, 0.1) is 6.61 Å². The summed E-state index contributed by atoms with van der Waals surface area (Å²) < 4.78 is 50.9. The van der Waals surface area contributed by atoms with Crippen LogP contribution in [0.1, 0.15) is 51.4 Å². The molecular weight excluding hydrogens is 474 g/mol. The van der Waals surface area contributed by atoms with Gasteiger partial charge in [-0.3, -0.25) is 8.76 Å². The van der Waals surface area contributed by atoms with Crippen molar-refractivity contribution in [3.63, 3.8) is 0 Å². The van der Waals surface area contributed by atoms with Crippen molar-refractivity contribution >= 4 is 38.0 Å². The van der Waals surface area contributed by atoms with Crippen LogP contribution >= 0.6 is 11.8 Å². The zero-order valence-corrected chi connectivity index (χ0v) is 19.9. The average molecular weight is 508 g/mol. The van der Waals surface area contributed by atoms with Gasteiger partial charge in [0.2, 0.25) is 0 Å². The van der Waals surface area contributed by atoms with Crippen molar-refractivity contribution in [1.82, 2.24) is 0 Å². The van der Waals surface area contributed by atoms with Crippen LogP contribution < -0.4 is 0 Å². The summed E-state index contributed by atoms with van der Waals surface area (Å²) in [6, 6.07) is 0. The molecule has 0 aliphatic carbocycles. The molecule has 0 aromatic rings. The SMILES string of the molecule is C[S@@](=O)CCCCCCCCC/C(=N/OS(=O)(=O)O)S[C@H]1O[C@@H](CO)[C@H](O)[C@@H](O)[C@H]1O. The van der Waals surface area contributed by atoms with E-state index in [2.05, 4.69) is 9.44 Å². The van der Waals surface area contributed by atoms with Gasteiger partial charge < -0.3 is 25.2 Å². The van der Waals surface area contributed by atoms with E-state index < -0.39 is 57.7 Å². The predicted molar refractivity (Wildman–Crippen MR) is 117 cm³/mol. The average Bonchev–Trinajstić information content (AvgIpc) is 2.69. The first-order chi connectivity index (χ1) is 14.5. The smallest absolute Gasteiger partial charge is 0.394 e. The van der Waals surface area contributed by atoms with Gasteiger partial charge in [0, 0.05) is 22.8 Å². The van der Waals surface area contributed by atoms with Crippen molar-refractivity contribution in [2.45, 2.75) is 81.2 Å². The van der Waals surface area contributed by atoms with Crippen LogP contribution in [0.15, 0.2) is 5.16 Å². The van der Waals surface area contributed by atoms with Crippen LogP contribution in [0.25, 0.3) is 0 Å². The first-order valence-corrected chi connectivity index (χ1v) is 14.0. The summed E-state index contributed by atoms with van der Waals surface area (Å²) in [5, 5.41) is 42.6. The third kappa shape index (κ3) is 11.9. The molecular formula is C17H33NO10S3. The molecule has 0 bridgehead atoms. The molecule has 184 valence electrons. The van der Waals surface area contributed by atoms with Gasteiger partial charge in [0.25, 0.3) is 0 Å². The number of hydrogen-bond donors (Lipinski definition) is 5. The number of ether oxygens (including phenoxy) is 1. The lowest BCUT2D eigenvalue weighted by molar-refractivity contribution is -0.205. The normalized spacial score (nSPS) is 28.5. The Bertz CT molecular complexity index is 673. The van der Waals surface area contributed by atoms with Crippen LogP contribution in [0, 0.1) is 0 Å². The van der Waals surface area contributed by atoms with Crippen molar-refractivity contribution in [3.05, 3.63) is 0 Å². The van der Waals surface area contributed by atoms with Gasteiger partial charge >= 0.3 is 10.4 Å². The summed E-state index contributed by atoms with van der Waals surface area (Å²) in [6.45, 7) is -0.593. The van der Waals surface area contributed by atoms with E-state index in [0.29, 0.717) is 12.2 Å². The lowest BCUT2D eigenvalue weighted by Gasteiger charge is -2.39. The second-order valence-corrected chi connectivity index (χ2v) is 11.0. The van der Waals surface area contributed by atoms with Gasteiger partial charge in [-0.2, -0.15) is 8.42 Å². The molecule has 5 N–H and O–H groups in total. The van der Waals surface area contributed by atoms with E-state index in [1.807, 2.05) is 0 Å². The number of thioether (sulfide) groups is 1. The van der Waals surface area contributed by atoms with E-state index in [4.69, 9.17) is 9.29 Å². The second-order valence-electron chi connectivity index (χ2n) is 7.30. The second kappa shape index (κ2) is 14.8. The summed E-state index contributed by atoms with van der Waals surface area (Å²) >= 11 is 0.783. The fourth-order valence-corrected chi connectivity index (χ4v) is 4.93. The highest BCUT2D eigenvalue weighted by Gasteiger charge is 2.44. The summed E-state index contributed by atoms with van der Waals surface area (Å²) in [5.74, 6) is 0.711. The minimum absolute atomic E-state index is 0.104. The number of aliphatic hydroxyl groups excluding tert-OH is 4. The molecule has 0 unspecified atom stereocenters.